The van der Waals surface area contributed by atoms with Crippen LogP contribution in [0.25, 0.3) is 0 Å². The quantitative estimate of drug-likeness (QED) is 0.796. The molecule has 112 valence electrons. The van der Waals surface area contributed by atoms with Crippen LogP contribution in [0.3, 0.4) is 0 Å². The standard InChI is InChI=1S/C17H28N2O/c1-5-10-17(12-18,11-6-2)16(20)19-15-13(3)8-7-9-14(15)4/h7-9H,5-6,10-12,18H2,1-4H3,(H,19,20). The molecule has 0 aromatic heterocycles. The normalized spacial score (nSPS) is 11.4. The van der Waals surface area contributed by atoms with E-state index in [1.807, 2.05) is 32.0 Å². The lowest BCUT2D eigenvalue weighted by molar-refractivity contribution is -0.126. The molecule has 1 aromatic carbocycles. The Balaban J connectivity index is 3.02. The van der Waals surface area contributed by atoms with Crippen LogP contribution in [-0.2, 0) is 4.79 Å². The summed E-state index contributed by atoms with van der Waals surface area (Å²) >= 11 is 0. The van der Waals surface area contributed by atoms with E-state index in [-0.39, 0.29) is 5.91 Å². The van der Waals surface area contributed by atoms with Gasteiger partial charge < -0.3 is 11.1 Å². The summed E-state index contributed by atoms with van der Waals surface area (Å²) in [6.45, 7) is 8.66. The fourth-order valence-electron chi connectivity index (χ4n) is 2.86. The molecule has 0 aliphatic heterocycles. The minimum Gasteiger partial charge on any atom is -0.329 e. The lowest BCUT2D eigenvalue weighted by atomic mass is 9.78. The van der Waals surface area contributed by atoms with Crippen LogP contribution in [0.1, 0.15) is 50.7 Å². The SMILES string of the molecule is CCCC(CN)(CCC)C(=O)Nc1c(C)cccc1C. The maximum absolute atomic E-state index is 12.8. The Morgan fingerprint density at radius 3 is 2.05 bits per heavy atom. The van der Waals surface area contributed by atoms with Gasteiger partial charge >= 0.3 is 0 Å². The van der Waals surface area contributed by atoms with Crippen LogP contribution in [0.2, 0.25) is 0 Å². The fourth-order valence-corrected chi connectivity index (χ4v) is 2.86. The summed E-state index contributed by atoms with van der Waals surface area (Å²) in [5.41, 5.74) is 8.64. The largest absolute Gasteiger partial charge is 0.329 e. The number of aryl methyl sites for hydroxylation is 2. The minimum absolute atomic E-state index is 0.0705. The second-order valence-corrected chi connectivity index (χ2v) is 5.71. The van der Waals surface area contributed by atoms with Crippen molar-refractivity contribution in [1.29, 1.82) is 0 Å². The van der Waals surface area contributed by atoms with E-state index >= 15 is 0 Å². The summed E-state index contributed by atoms with van der Waals surface area (Å²) in [7, 11) is 0. The Kier molecular flexibility index (Phi) is 6.21. The number of amides is 1. The molecule has 0 fully saturated rings. The van der Waals surface area contributed by atoms with Crippen LogP contribution in [0.5, 0.6) is 0 Å². The van der Waals surface area contributed by atoms with Crippen LogP contribution in [0, 0.1) is 19.3 Å². The van der Waals surface area contributed by atoms with E-state index < -0.39 is 5.41 Å². The van der Waals surface area contributed by atoms with Gasteiger partial charge in [-0.15, -0.1) is 0 Å². The lowest BCUT2D eigenvalue weighted by Crippen LogP contribution is -2.42. The fraction of sp³-hybridized carbons (Fsp3) is 0.588. The van der Waals surface area contributed by atoms with Crippen molar-refractivity contribution in [3.05, 3.63) is 29.3 Å². The lowest BCUT2D eigenvalue weighted by Gasteiger charge is -2.31. The van der Waals surface area contributed by atoms with E-state index in [0.29, 0.717) is 6.54 Å². The second kappa shape index (κ2) is 7.44. The highest BCUT2D eigenvalue weighted by Gasteiger charge is 2.35. The van der Waals surface area contributed by atoms with Gasteiger partial charge in [0.2, 0.25) is 5.91 Å². The summed E-state index contributed by atoms with van der Waals surface area (Å²) in [5.74, 6) is 0.0705. The third-order valence-electron chi connectivity index (χ3n) is 4.05. The summed E-state index contributed by atoms with van der Waals surface area (Å²) in [5, 5.41) is 3.12. The first-order valence-corrected chi connectivity index (χ1v) is 7.58. The van der Waals surface area contributed by atoms with Gasteiger partial charge in [-0.2, -0.15) is 0 Å². The molecule has 0 aliphatic rings. The van der Waals surface area contributed by atoms with Gasteiger partial charge in [-0.05, 0) is 37.8 Å². The summed E-state index contributed by atoms with van der Waals surface area (Å²) < 4.78 is 0. The Bertz CT molecular complexity index is 428. The predicted octanol–water partition coefficient (Wildman–Crippen LogP) is 3.79. The molecular formula is C17H28N2O. The molecule has 0 saturated carbocycles. The first kappa shape index (κ1) is 16.7. The number of benzene rings is 1. The van der Waals surface area contributed by atoms with Crippen LogP contribution >= 0.6 is 0 Å². The first-order chi connectivity index (χ1) is 9.50. The molecule has 3 N–H and O–H groups in total. The van der Waals surface area contributed by atoms with E-state index in [1.165, 1.54) is 0 Å². The summed E-state index contributed by atoms with van der Waals surface area (Å²) in [6.07, 6.45) is 3.62. The highest BCUT2D eigenvalue weighted by atomic mass is 16.2. The van der Waals surface area contributed by atoms with Crippen LogP contribution in [0.4, 0.5) is 5.69 Å². The van der Waals surface area contributed by atoms with Gasteiger partial charge in [-0.1, -0.05) is 44.9 Å². The topological polar surface area (TPSA) is 55.1 Å². The molecule has 1 rings (SSSR count). The number of nitrogens with two attached hydrogens (primary N) is 1. The average molecular weight is 276 g/mol. The molecule has 20 heavy (non-hydrogen) atoms. The van der Waals surface area contributed by atoms with E-state index in [0.717, 1.165) is 42.5 Å². The van der Waals surface area contributed by atoms with Crippen molar-refractivity contribution in [2.24, 2.45) is 11.1 Å². The van der Waals surface area contributed by atoms with Crippen LogP contribution in [0.15, 0.2) is 18.2 Å². The van der Waals surface area contributed by atoms with Gasteiger partial charge in [0, 0.05) is 12.2 Å². The molecule has 3 nitrogen and oxygen atoms in total. The zero-order chi connectivity index (χ0) is 15.2. The predicted molar refractivity (Wildman–Crippen MR) is 85.8 cm³/mol. The molecular weight excluding hydrogens is 248 g/mol. The van der Waals surface area contributed by atoms with Crippen molar-refractivity contribution in [2.75, 3.05) is 11.9 Å². The molecule has 3 heteroatoms. The molecule has 0 atom stereocenters. The molecule has 0 spiro atoms. The van der Waals surface area contributed by atoms with E-state index in [4.69, 9.17) is 5.73 Å². The minimum atomic E-state index is -0.432. The van der Waals surface area contributed by atoms with E-state index in [9.17, 15) is 4.79 Å². The van der Waals surface area contributed by atoms with Gasteiger partial charge in [0.25, 0.3) is 0 Å². The third kappa shape index (κ3) is 3.60. The molecule has 0 bridgehead atoms. The number of rotatable bonds is 7. The molecule has 0 unspecified atom stereocenters. The molecule has 1 amide bonds. The van der Waals surface area contributed by atoms with Crippen LogP contribution < -0.4 is 11.1 Å². The monoisotopic (exact) mass is 276 g/mol. The maximum Gasteiger partial charge on any atom is 0.231 e. The summed E-state index contributed by atoms with van der Waals surface area (Å²) in [4.78, 5) is 12.8. The van der Waals surface area contributed by atoms with Crippen molar-refractivity contribution >= 4 is 11.6 Å². The molecule has 0 heterocycles. The highest BCUT2D eigenvalue weighted by molar-refractivity contribution is 5.96. The number of anilines is 1. The van der Waals surface area contributed by atoms with E-state index in [1.54, 1.807) is 0 Å². The van der Waals surface area contributed by atoms with Gasteiger partial charge in [0.1, 0.15) is 0 Å². The smallest absolute Gasteiger partial charge is 0.231 e. The van der Waals surface area contributed by atoms with Crippen molar-refractivity contribution in [3.8, 4) is 0 Å². The zero-order valence-corrected chi connectivity index (χ0v) is 13.3. The van der Waals surface area contributed by atoms with E-state index in [2.05, 4.69) is 19.2 Å². The first-order valence-electron chi connectivity index (χ1n) is 7.58. The van der Waals surface area contributed by atoms with Gasteiger partial charge in [-0.25, -0.2) is 0 Å². The number of nitrogens with one attached hydrogen (secondary N) is 1. The highest BCUT2D eigenvalue weighted by Crippen LogP contribution is 2.31. The van der Waals surface area contributed by atoms with Crippen LogP contribution in [-0.4, -0.2) is 12.5 Å². The number of hydrogen-bond donors (Lipinski definition) is 2. The molecule has 0 aliphatic carbocycles. The van der Waals surface area contributed by atoms with Crippen molar-refractivity contribution in [3.63, 3.8) is 0 Å². The number of para-hydroxylation sites is 1. The third-order valence-corrected chi connectivity index (χ3v) is 4.05. The zero-order valence-electron chi connectivity index (χ0n) is 13.3. The number of carbonyl (C=O) groups excluding carboxylic acids is 1. The van der Waals surface area contributed by atoms with Gasteiger partial charge in [0.15, 0.2) is 0 Å². The molecule has 1 aromatic rings. The number of carbonyl (C=O) groups is 1. The molecule has 0 saturated heterocycles. The maximum atomic E-state index is 12.8. The average Bonchev–Trinajstić information content (AvgIpc) is 2.42. The van der Waals surface area contributed by atoms with Crippen molar-refractivity contribution in [2.45, 2.75) is 53.4 Å². The Labute approximate surface area is 122 Å². The van der Waals surface area contributed by atoms with Crippen molar-refractivity contribution < 1.29 is 4.79 Å². The Morgan fingerprint density at radius 1 is 1.15 bits per heavy atom. The second-order valence-electron chi connectivity index (χ2n) is 5.71. The van der Waals surface area contributed by atoms with Gasteiger partial charge in [0.05, 0.1) is 5.41 Å². The summed E-state index contributed by atoms with van der Waals surface area (Å²) in [6, 6.07) is 6.05. The van der Waals surface area contributed by atoms with Crippen molar-refractivity contribution in [1.82, 2.24) is 0 Å². The molecule has 0 radical (unpaired) electrons. The number of hydrogen-bond acceptors (Lipinski definition) is 2. The Morgan fingerprint density at radius 2 is 1.65 bits per heavy atom. The van der Waals surface area contributed by atoms with Gasteiger partial charge in [-0.3, -0.25) is 4.79 Å². The Hall–Kier alpha value is -1.35.